The average molecular weight is 274 g/mol. The Morgan fingerprint density at radius 2 is 1.70 bits per heavy atom. The first-order valence-electron chi connectivity index (χ1n) is 7.00. The van der Waals surface area contributed by atoms with Crippen LogP contribution in [0.3, 0.4) is 0 Å². The van der Waals surface area contributed by atoms with Crippen molar-refractivity contribution in [1.29, 1.82) is 0 Å². The van der Waals surface area contributed by atoms with Gasteiger partial charge in [-0.1, -0.05) is 30.3 Å². The van der Waals surface area contributed by atoms with E-state index in [0.29, 0.717) is 13.0 Å². The highest BCUT2D eigenvalue weighted by atomic mass is 16.2. The number of carbonyl (C=O) groups excluding carboxylic acids is 2. The van der Waals surface area contributed by atoms with Crippen LogP contribution < -0.4 is 10.6 Å². The summed E-state index contributed by atoms with van der Waals surface area (Å²) in [6, 6.07) is 9.77. The van der Waals surface area contributed by atoms with Gasteiger partial charge in [-0.2, -0.15) is 0 Å². The Kier molecular flexibility index (Phi) is 4.12. The molecule has 2 unspecified atom stereocenters. The molecule has 1 aliphatic carbocycles. The first-order valence-corrected chi connectivity index (χ1v) is 7.00. The number of amides is 2. The Morgan fingerprint density at radius 3 is 2.30 bits per heavy atom. The molecule has 2 rings (SSSR count). The summed E-state index contributed by atoms with van der Waals surface area (Å²) in [4.78, 5) is 23.9. The number of hydrogen-bond donors (Lipinski definition) is 2. The lowest BCUT2D eigenvalue weighted by atomic mass is 10.1. The molecule has 0 radical (unpaired) electrons. The van der Waals surface area contributed by atoms with Crippen LogP contribution in [0, 0.1) is 11.8 Å². The molecule has 108 valence electrons. The monoisotopic (exact) mass is 274 g/mol. The van der Waals surface area contributed by atoms with Crippen molar-refractivity contribution in [2.24, 2.45) is 11.8 Å². The summed E-state index contributed by atoms with van der Waals surface area (Å²) < 4.78 is 0. The fourth-order valence-corrected chi connectivity index (χ4v) is 2.15. The van der Waals surface area contributed by atoms with E-state index in [1.165, 1.54) is 0 Å². The Morgan fingerprint density at radius 1 is 1.10 bits per heavy atom. The van der Waals surface area contributed by atoms with Crippen molar-refractivity contribution in [3.05, 3.63) is 35.9 Å². The van der Waals surface area contributed by atoms with Crippen molar-refractivity contribution in [3.63, 3.8) is 0 Å². The molecule has 2 amide bonds. The molecule has 1 fully saturated rings. The maximum atomic E-state index is 12.0. The van der Waals surface area contributed by atoms with E-state index in [4.69, 9.17) is 0 Å². The van der Waals surface area contributed by atoms with E-state index < -0.39 is 0 Å². The van der Waals surface area contributed by atoms with E-state index in [9.17, 15) is 9.59 Å². The molecule has 0 heterocycles. The Bertz CT molecular complexity index is 491. The summed E-state index contributed by atoms with van der Waals surface area (Å²) in [7, 11) is 0. The van der Waals surface area contributed by atoms with Crippen LogP contribution in [0.1, 0.15) is 32.8 Å². The van der Waals surface area contributed by atoms with Crippen molar-refractivity contribution in [2.45, 2.75) is 39.3 Å². The first-order chi connectivity index (χ1) is 9.37. The van der Waals surface area contributed by atoms with Crippen LogP contribution in [0.5, 0.6) is 0 Å². The summed E-state index contributed by atoms with van der Waals surface area (Å²) in [5.74, 6) is -0.369. The molecule has 0 saturated heterocycles. The van der Waals surface area contributed by atoms with Gasteiger partial charge in [0.05, 0.1) is 11.8 Å². The SMILES string of the molecule is CC(C)(C)NC(=O)C1CC1C(=O)NCc1ccccc1. The third-order valence-electron chi connectivity index (χ3n) is 3.27. The quantitative estimate of drug-likeness (QED) is 0.880. The number of carbonyl (C=O) groups is 2. The predicted octanol–water partition coefficient (Wildman–Crippen LogP) is 1.85. The molecule has 1 aromatic rings. The van der Waals surface area contributed by atoms with Gasteiger partial charge in [0.15, 0.2) is 0 Å². The average Bonchev–Trinajstić information content (AvgIpc) is 3.15. The van der Waals surface area contributed by atoms with Crippen molar-refractivity contribution in [3.8, 4) is 0 Å². The summed E-state index contributed by atoms with van der Waals surface area (Å²) >= 11 is 0. The molecule has 1 aromatic carbocycles. The summed E-state index contributed by atoms with van der Waals surface area (Å²) in [5, 5.41) is 5.81. The van der Waals surface area contributed by atoms with Crippen molar-refractivity contribution >= 4 is 11.8 Å². The summed E-state index contributed by atoms with van der Waals surface area (Å²) in [5.41, 5.74) is 0.822. The molecule has 0 aliphatic heterocycles. The van der Waals surface area contributed by atoms with Gasteiger partial charge in [-0.05, 0) is 32.8 Å². The van der Waals surface area contributed by atoms with E-state index >= 15 is 0 Å². The number of nitrogens with one attached hydrogen (secondary N) is 2. The van der Waals surface area contributed by atoms with E-state index in [2.05, 4.69) is 10.6 Å². The van der Waals surface area contributed by atoms with Gasteiger partial charge in [-0.25, -0.2) is 0 Å². The van der Waals surface area contributed by atoms with Crippen LogP contribution in [-0.2, 0) is 16.1 Å². The second kappa shape index (κ2) is 5.65. The second-order valence-electron chi connectivity index (χ2n) is 6.39. The number of rotatable bonds is 4. The van der Waals surface area contributed by atoms with Gasteiger partial charge in [0.1, 0.15) is 0 Å². The molecule has 4 nitrogen and oxygen atoms in total. The van der Waals surface area contributed by atoms with Crippen molar-refractivity contribution in [1.82, 2.24) is 10.6 Å². The Hall–Kier alpha value is -1.84. The maximum Gasteiger partial charge on any atom is 0.224 e. The fraction of sp³-hybridized carbons (Fsp3) is 0.500. The van der Waals surface area contributed by atoms with Crippen LogP contribution in [0.15, 0.2) is 30.3 Å². The van der Waals surface area contributed by atoms with Crippen LogP contribution in [0.4, 0.5) is 0 Å². The zero-order valence-corrected chi connectivity index (χ0v) is 12.3. The fourth-order valence-electron chi connectivity index (χ4n) is 2.15. The molecule has 4 heteroatoms. The Labute approximate surface area is 119 Å². The van der Waals surface area contributed by atoms with Gasteiger partial charge in [0.25, 0.3) is 0 Å². The van der Waals surface area contributed by atoms with Gasteiger partial charge >= 0.3 is 0 Å². The molecule has 0 spiro atoms. The van der Waals surface area contributed by atoms with Crippen LogP contribution >= 0.6 is 0 Å². The first kappa shape index (κ1) is 14.6. The number of benzene rings is 1. The molecule has 2 N–H and O–H groups in total. The Balaban J connectivity index is 1.77. The zero-order valence-electron chi connectivity index (χ0n) is 12.3. The molecule has 1 saturated carbocycles. The molecule has 0 aromatic heterocycles. The van der Waals surface area contributed by atoms with Crippen LogP contribution in [0.2, 0.25) is 0 Å². The minimum Gasteiger partial charge on any atom is -0.352 e. The maximum absolute atomic E-state index is 12.0. The smallest absolute Gasteiger partial charge is 0.224 e. The lowest BCUT2D eigenvalue weighted by molar-refractivity contribution is -0.128. The minimum atomic E-state index is -0.245. The second-order valence-corrected chi connectivity index (χ2v) is 6.39. The predicted molar refractivity (Wildman–Crippen MR) is 77.8 cm³/mol. The summed E-state index contributed by atoms with van der Waals surface area (Å²) in [6.45, 7) is 6.34. The lowest BCUT2D eigenvalue weighted by Gasteiger charge is -2.20. The highest BCUT2D eigenvalue weighted by molar-refractivity contribution is 5.92. The highest BCUT2D eigenvalue weighted by Crippen LogP contribution is 2.39. The van der Waals surface area contributed by atoms with Gasteiger partial charge in [-0.3, -0.25) is 9.59 Å². The third kappa shape index (κ3) is 4.08. The third-order valence-corrected chi connectivity index (χ3v) is 3.27. The van der Waals surface area contributed by atoms with E-state index in [1.54, 1.807) is 0 Å². The van der Waals surface area contributed by atoms with E-state index in [0.717, 1.165) is 5.56 Å². The van der Waals surface area contributed by atoms with E-state index in [1.807, 2.05) is 51.1 Å². The van der Waals surface area contributed by atoms with Crippen molar-refractivity contribution in [2.75, 3.05) is 0 Å². The van der Waals surface area contributed by atoms with E-state index in [-0.39, 0.29) is 29.2 Å². The van der Waals surface area contributed by atoms with Crippen LogP contribution in [0.25, 0.3) is 0 Å². The topological polar surface area (TPSA) is 58.2 Å². The molecular weight excluding hydrogens is 252 g/mol. The standard InChI is InChI=1S/C16H22N2O2/c1-16(2,3)18-15(20)13-9-12(13)14(19)17-10-11-7-5-4-6-8-11/h4-8,12-13H,9-10H2,1-3H3,(H,17,19)(H,18,20). The normalized spacial score (nSPS) is 21.1. The largest absolute Gasteiger partial charge is 0.352 e. The van der Waals surface area contributed by atoms with Gasteiger partial charge in [0, 0.05) is 12.1 Å². The number of hydrogen-bond acceptors (Lipinski definition) is 2. The molecule has 2 atom stereocenters. The van der Waals surface area contributed by atoms with Crippen molar-refractivity contribution < 1.29 is 9.59 Å². The lowest BCUT2D eigenvalue weighted by Crippen LogP contribution is -2.42. The van der Waals surface area contributed by atoms with Crippen LogP contribution in [-0.4, -0.2) is 17.4 Å². The van der Waals surface area contributed by atoms with Gasteiger partial charge in [-0.15, -0.1) is 0 Å². The molecular formula is C16H22N2O2. The van der Waals surface area contributed by atoms with Gasteiger partial charge < -0.3 is 10.6 Å². The van der Waals surface area contributed by atoms with Gasteiger partial charge in [0.2, 0.25) is 11.8 Å². The molecule has 20 heavy (non-hydrogen) atoms. The molecule has 1 aliphatic rings. The highest BCUT2D eigenvalue weighted by Gasteiger charge is 2.48. The zero-order chi connectivity index (χ0) is 14.8. The molecule has 0 bridgehead atoms. The summed E-state index contributed by atoms with van der Waals surface area (Å²) in [6.07, 6.45) is 0.655. The minimum absolute atomic E-state index is 0.0163.